The molecule has 0 fully saturated rings. The number of benzene rings is 1. The van der Waals surface area contributed by atoms with E-state index in [9.17, 15) is 0 Å². The molecule has 1 aromatic carbocycles. The monoisotopic (exact) mass is 313 g/mol. The van der Waals surface area contributed by atoms with Crippen molar-refractivity contribution < 1.29 is 0 Å². The SMILES string of the molecule is C.C=CN(/C=C\C)C(CC)c1ccc(-c2ccc(C)cc2)s1. The zero-order valence-corrected chi connectivity index (χ0v) is 13.9. The minimum absolute atomic E-state index is 0. The Balaban J connectivity index is 0.00000242. The Morgan fingerprint density at radius 2 is 1.86 bits per heavy atom. The lowest BCUT2D eigenvalue weighted by Gasteiger charge is -2.25. The van der Waals surface area contributed by atoms with E-state index < -0.39 is 0 Å². The van der Waals surface area contributed by atoms with E-state index in [-0.39, 0.29) is 7.43 Å². The topological polar surface area (TPSA) is 3.24 Å². The van der Waals surface area contributed by atoms with Crippen molar-refractivity contribution in [2.24, 2.45) is 0 Å². The molecule has 0 aliphatic rings. The summed E-state index contributed by atoms with van der Waals surface area (Å²) < 4.78 is 0. The summed E-state index contributed by atoms with van der Waals surface area (Å²) in [6, 6.07) is 13.6. The largest absolute Gasteiger partial charge is 0.347 e. The average molecular weight is 314 g/mol. The fourth-order valence-electron chi connectivity index (χ4n) is 2.43. The molecule has 1 atom stereocenters. The highest BCUT2D eigenvalue weighted by Crippen LogP contribution is 2.35. The van der Waals surface area contributed by atoms with Crippen LogP contribution in [-0.4, -0.2) is 4.90 Å². The minimum atomic E-state index is 0. The maximum Gasteiger partial charge on any atom is 0.0669 e. The second kappa shape index (κ2) is 8.60. The molecule has 2 heteroatoms. The van der Waals surface area contributed by atoms with E-state index in [0.29, 0.717) is 6.04 Å². The summed E-state index contributed by atoms with van der Waals surface area (Å²) in [7, 11) is 0. The molecule has 118 valence electrons. The fourth-order valence-corrected chi connectivity index (χ4v) is 3.63. The standard InChI is InChI=1S/C19H23NS.CH4/c1-5-14-20(7-3)17(6-2)19-13-12-18(21-19)16-10-8-15(4)9-11-16;/h5,7-14,17H,3,6H2,1-2,4H3;1H4/b14-5-;. The van der Waals surface area contributed by atoms with Crippen LogP contribution in [0.2, 0.25) is 0 Å². The Morgan fingerprint density at radius 3 is 2.41 bits per heavy atom. The first-order valence-electron chi connectivity index (χ1n) is 7.39. The number of hydrogen-bond donors (Lipinski definition) is 0. The summed E-state index contributed by atoms with van der Waals surface area (Å²) >= 11 is 1.87. The van der Waals surface area contributed by atoms with Gasteiger partial charge in [-0.15, -0.1) is 11.3 Å². The van der Waals surface area contributed by atoms with Gasteiger partial charge >= 0.3 is 0 Å². The second-order valence-electron chi connectivity index (χ2n) is 5.10. The molecule has 1 unspecified atom stereocenters. The molecule has 0 aliphatic carbocycles. The molecule has 22 heavy (non-hydrogen) atoms. The number of aryl methyl sites for hydroxylation is 1. The van der Waals surface area contributed by atoms with Crippen molar-refractivity contribution in [3.63, 3.8) is 0 Å². The van der Waals surface area contributed by atoms with Gasteiger partial charge < -0.3 is 4.90 Å². The van der Waals surface area contributed by atoms with Crippen LogP contribution in [0.25, 0.3) is 10.4 Å². The lowest BCUT2D eigenvalue weighted by atomic mass is 10.1. The van der Waals surface area contributed by atoms with Crippen molar-refractivity contribution in [3.8, 4) is 10.4 Å². The summed E-state index contributed by atoms with van der Waals surface area (Å²) in [6.07, 6.45) is 7.11. The van der Waals surface area contributed by atoms with E-state index in [1.165, 1.54) is 20.9 Å². The van der Waals surface area contributed by atoms with Crippen LogP contribution in [0, 0.1) is 6.92 Å². The zero-order chi connectivity index (χ0) is 15.2. The van der Waals surface area contributed by atoms with Gasteiger partial charge in [-0.05, 0) is 50.4 Å². The predicted molar refractivity (Wildman–Crippen MR) is 101 cm³/mol. The van der Waals surface area contributed by atoms with Crippen molar-refractivity contribution >= 4 is 11.3 Å². The lowest BCUT2D eigenvalue weighted by Crippen LogP contribution is -2.15. The van der Waals surface area contributed by atoms with Crippen molar-refractivity contribution in [1.29, 1.82) is 0 Å². The minimum Gasteiger partial charge on any atom is -0.347 e. The fraction of sp³-hybridized carbons (Fsp3) is 0.300. The Morgan fingerprint density at radius 1 is 1.18 bits per heavy atom. The van der Waals surface area contributed by atoms with Gasteiger partial charge in [-0.3, -0.25) is 0 Å². The molecule has 0 saturated carbocycles. The molecule has 0 saturated heterocycles. The van der Waals surface area contributed by atoms with Gasteiger partial charge in [-0.1, -0.05) is 56.8 Å². The first-order chi connectivity index (χ1) is 10.2. The van der Waals surface area contributed by atoms with Crippen LogP contribution >= 0.6 is 11.3 Å². The molecular formula is C20H27NS. The highest BCUT2D eigenvalue weighted by molar-refractivity contribution is 7.15. The summed E-state index contributed by atoms with van der Waals surface area (Å²) in [5.41, 5.74) is 2.59. The first-order valence-corrected chi connectivity index (χ1v) is 8.20. The summed E-state index contributed by atoms with van der Waals surface area (Å²) in [4.78, 5) is 4.89. The molecule has 1 nitrogen and oxygen atoms in total. The molecule has 0 amide bonds. The van der Waals surface area contributed by atoms with E-state index in [1.54, 1.807) is 0 Å². The normalized spacial score (nSPS) is 12.0. The van der Waals surface area contributed by atoms with E-state index in [0.717, 1.165) is 6.42 Å². The van der Waals surface area contributed by atoms with Crippen molar-refractivity contribution in [1.82, 2.24) is 4.90 Å². The predicted octanol–water partition coefficient (Wildman–Crippen LogP) is 6.79. The number of rotatable bonds is 6. The average Bonchev–Trinajstić information content (AvgIpc) is 2.97. The molecule has 0 aliphatic heterocycles. The maximum absolute atomic E-state index is 3.93. The Hall–Kier alpha value is -1.80. The van der Waals surface area contributed by atoms with Gasteiger partial charge in [0.2, 0.25) is 0 Å². The quantitative estimate of drug-likeness (QED) is 0.567. The highest BCUT2D eigenvalue weighted by Gasteiger charge is 2.16. The molecule has 2 rings (SSSR count). The first kappa shape index (κ1) is 18.2. The summed E-state index contributed by atoms with van der Waals surface area (Å²) in [5.74, 6) is 0. The van der Waals surface area contributed by atoms with Crippen molar-refractivity contribution in [3.05, 3.63) is 71.9 Å². The van der Waals surface area contributed by atoms with E-state index >= 15 is 0 Å². The van der Waals surface area contributed by atoms with Gasteiger partial charge in [0.05, 0.1) is 6.04 Å². The highest BCUT2D eigenvalue weighted by atomic mass is 32.1. The Kier molecular flexibility index (Phi) is 7.13. The maximum atomic E-state index is 3.93. The zero-order valence-electron chi connectivity index (χ0n) is 13.0. The third-order valence-electron chi connectivity index (χ3n) is 3.57. The van der Waals surface area contributed by atoms with Crippen LogP contribution in [0.15, 0.2) is 61.5 Å². The van der Waals surface area contributed by atoms with Gasteiger partial charge in [0.1, 0.15) is 0 Å². The van der Waals surface area contributed by atoms with Crippen LogP contribution in [0.1, 0.15) is 44.2 Å². The van der Waals surface area contributed by atoms with Crippen LogP contribution in [0.4, 0.5) is 0 Å². The van der Waals surface area contributed by atoms with E-state index in [4.69, 9.17) is 0 Å². The van der Waals surface area contributed by atoms with Gasteiger partial charge in [0.25, 0.3) is 0 Å². The number of nitrogens with zero attached hydrogens (tertiary/aromatic N) is 1. The van der Waals surface area contributed by atoms with Crippen molar-refractivity contribution in [2.75, 3.05) is 0 Å². The second-order valence-corrected chi connectivity index (χ2v) is 6.22. The molecule has 0 radical (unpaired) electrons. The third-order valence-corrected chi connectivity index (χ3v) is 4.81. The van der Waals surface area contributed by atoms with Gasteiger partial charge in [0.15, 0.2) is 0 Å². The van der Waals surface area contributed by atoms with E-state index in [1.807, 2.05) is 24.5 Å². The molecule has 0 bridgehead atoms. The van der Waals surface area contributed by atoms with Crippen LogP contribution in [-0.2, 0) is 0 Å². The summed E-state index contributed by atoms with van der Waals surface area (Å²) in [5, 5.41) is 0. The van der Waals surface area contributed by atoms with Crippen LogP contribution < -0.4 is 0 Å². The summed E-state index contributed by atoms with van der Waals surface area (Å²) in [6.45, 7) is 10.3. The molecule has 1 aromatic heterocycles. The van der Waals surface area contributed by atoms with Crippen molar-refractivity contribution in [2.45, 2.75) is 40.7 Å². The van der Waals surface area contributed by atoms with Gasteiger partial charge in [-0.2, -0.15) is 0 Å². The third kappa shape index (κ3) is 4.11. The smallest absolute Gasteiger partial charge is 0.0669 e. The molecular weight excluding hydrogens is 286 g/mol. The molecule has 0 N–H and O–H groups in total. The van der Waals surface area contributed by atoms with Gasteiger partial charge in [0, 0.05) is 9.75 Å². The Bertz CT molecular complexity index is 607. The molecule has 1 heterocycles. The van der Waals surface area contributed by atoms with Gasteiger partial charge in [-0.25, -0.2) is 0 Å². The molecule has 0 spiro atoms. The molecule has 2 aromatic rings. The Labute approximate surface area is 139 Å². The van der Waals surface area contributed by atoms with Crippen LogP contribution in [0.5, 0.6) is 0 Å². The number of thiophene rings is 1. The lowest BCUT2D eigenvalue weighted by molar-refractivity contribution is 0.370. The van der Waals surface area contributed by atoms with Crippen LogP contribution in [0.3, 0.4) is 0 Å². The number of allylic oxidation sites excluding steroid dienone is 1. The number of hydrogen-bond acceptors (Lipinski definition) is 2. The van der Waals surface area contributed by atoms with E-state index in [2.05, 4.69) is 74.0 Å².